The summed E-state index contributed by atoms with van der Waals surface area (Å²) in [4.78, 5) is 7.15. The second kappa shape index (κ2) is 5.44. The number of anilines is 1. The third-order valence-electron chi connectivity index (χ3n) is 2.38. The first-order valence-electron chi connectivity index (χ1n) is 5.54. The van der Waals surface area contributed by atoms with Crippen LogP contribution in [0.5, 0.6) is 0 Å². The summed E-state index contributed by atoms with van der Waals surface area (Å²) in [7, 11) is 0. The number of aliphatic hydroxyl groups is 2. The highest BCUT2D eigenvalue weighted by Gasteiger charge is 2.12. The van der Waals surface area contributed by atoms with Gasteiger partial charge in [0.05, 0.1) is 18.5 Å². The van der Waals surface area contributed by atoms with E-state index in [2.05, 4.69) is 10.1 Å². The zero-order valence-corrected chi connectivity index (χ0v) is 10.5. The quantitative estimate of drug-likeness (QED) is 0.776. The highest BCUT2D eigenvalue weighted by molar-refractivity contribution is 7.20. The van der Waals surface area contributed by atoms with Gasteiger partial charge in [0.1, 0.15) is 0 Å². The predicted octanol–water partition coefficient (Wildman–Crippen LogP) is 0.280. The number of aliphatic hydroxyl groups excluding tert-OH is 2. The van der Waals surface area contributed by atoms with E-state index < -0.39 is 0 Å². The second-order valence-corrected chi connectivity index (χ2v) is 4.72. The van der Waals surface area contributed by atoms with Crippen LogP contribution in [0.25, 0.3) is 4.96 Å². The molecule has 0 radical (unpaired) electrons. The number of rotatable bonds is 6. The van der Waals surface area contributed by atoms with Crippen LogP contribution in [-0.4, -0.2) is 51.1 Å². The number of aromatic nitrogens is 3. The molecule has 0 aliphatic heterocycles. The van der Waals surface area contributed by atoms with Gasteiger partial charge in [-0.2, -0.15) is 0 Å². The highest BCUT2D eigenvalue weighted by Crippen LogP contribution is 2.22. The molecule has 0 aliphatic rings. The van der Waals surface area contributed by atoms with Gasteiger partial charge >= 0.3 is 0 Å². The summed E-state index contributed by atoms with van der Waals surface area (Å²) in [6, 6.07) is 0. The molecule has 7 heteroatoms. The van der Waals surface area contributed by atoms with Gasteiger partial charge in [-0.3, -0.25) is 0 Å². The first kappa shape index (κ1) is 12.3. The van der Waals surface area contributed by atoms with Gasteiger partial charge in [-0.15, -0.1) is 5.10 Å². The Balaban J connectivity index is 2.18. The molecule has 0 saturated heterocycles. The van der Waals surface area contributed by atoms with Crippen LogP contribution in [0.2, 0.25) is 0 Å². The number of hydrogen-bond donors (Lipinski definition) is 2. The van der Waals surface area contributed by atoms with E-state index in [0.29, 0.717) is 19.5 Å². The number of nitrogens with zero attached hydrogens (tertiary/aromatic N) is 4. The van der Waals surface area contributed by atoms with Crippen LogP contribution in [0.15, 0.2) is 6.20 Å². The number of aryl methyl sites for hydroxylation is 1. The summed E-state index contributed by atoms with van der Waals surface area (Å²) in [5, 5.41) is 23.1. The minimum atomic E-state index is 0.0757. The third kappa shape index (κ3) is 2.74. The Morgan fingerprint density at radius 2 is 2.18 bits per heavy atom. The molecule has 2 N–H and O–H groups in total. The number of imidazole rings is 1. The number of hydrogen-bond acceptors (Lipinski definition) is 6. The molecule has 0 spiro atoms. The summed E-state index contributed by atoms with van der Waals surface area (Å²) >= 11 is 1.49. The fourth-order valence-electron chi connectivity index (χ4n) is 1.61. The Labute approximate surface area is 103 Å². The van der Waals surface area contributed by atoms with Gasteiger partial charge in [0.2, 0.25) is 10.1 Å². The third-order valence-corrected chi connectivity index (χ3v) is 3.36. The second-order valence-electron chi connectivity index (χ2n) is 3.78. The summed E-state index contributed by atoms with van der Waals surface area (Å²) in [6.45, 7) is 3.36. The molecule has 17 heavy (non-hydrogen) atoms. The largest absolute Gasteiger partial charge is 0.396 e. The average Bonchev–Trinajstić information content (AvgIpc) is 2.81. The molecule has 0 aliphatic carbocycles. The first-order chi connectivity index (χ1) is 8.24. The van der Waals surface area contributed by atoms with Gasteiger partial charge in [0.25, 0.3) is 0 Å². The Kier molecular flexibility index (Phi) is 3.93. The van der Waals surface area contributed by atoms with Crippen LogP contribution in [0.1, 0.15) is 12.1 Å². The van der Waals surface area contributed by atoms with Crippen molar-refractivity contribution >= 4 is 21.4 Å². The topological polar surface area (TPSA) is 73.9 Å². The van der Waals surface area contributed by atoms with Gasteiger partial charge in [-0.25, -0.2) is 9.50 Å². The van der Waals surface area contributed by atoms with Crippen LogP contribution < -0.4 is 4.90 Å². The average molecular weight is 256 g/mol. The van der Waals surface area contributed by atoms with Crippen LogP contribution >= 0.6 is 11.3 Å². The monoisotopic (exact) mass is 256 g/mol. The van der Waals surface area contributed by atoms with Crippen molar-refractivity contribution in [3.05, 3.63) is 11.9 Å². The zero-order valence-electron chi connectivity index (χ0n) is 9.70. The Hall–Kier alpha value is -1.18. The van der Waals surface area contributed by atoms with E-state index in [0.717, 1.165) is 15.8 Å². The molecule has 0 unspecified atom stereocenters. The van der Waals surface area contributed by atoms with Gasteiger partial charge in [-0.05, 0) is 13.3 Å². The lowest BCUT2D eigenvalue weighted by molar-refractivity contribution is 0.281. The van der Waals surface area contributed by atoms with E-state index in [1.54, 1.807) is 4.52 Å². The number of fused-ring (bicyclic) bond motifs is 1. The van der Waals surface area contributed by atoms with Gasteiger partial charge in [0.15, 0.2) is 0 Å². The maximum atomic E-state index is 9.02. The first-order valence-corrected chi connectivity index (χ1v) is 6.35. The van der Waals surface area contributed by atoms with Crippen molar-refractivity contribution in [1.29, 1.82) is 0 Å². The lowest BCUT2D eigenvalue weighted by Gasteiger charge is -2.19. The summed E-state index contributed by atoms with van der Waals surface area (Å²) in [5.41, 5.74) is 0.944. The fraction of sp³-hybridized carbons (Fsp3) is 0.600. The maximum absolute atomic E-state index is 9.02. The standard InChI is InChI=1S/C10H16N4O2S/c1-8-7-14-9(11-8)17-10(12-14)13(4-6-16)3-2-5-15/h7,15-16H,2-6H2,1H3. The molecule has 94 valence electrons. The minimum absolute atomic E-state index is 0.0757. The SMILES string of the molecule is Cc1cn2nc(N(CCO)CCCO)sc2n1. The molecule has 2 heterocycles. The fourth-order valence-corrected chi connectivity index (χ4v) is 2.59. The minimum Gasteiger partial charge on any atom is -0.396 e. The Bertz CT molecular complexity index is 450. The van der Waals surface area contributed by atoms with Gasteiger partial charge in [0, 0.05) is 19.7 Å². The molecule has 2 aromatic rings. The molecule has 0 atom stereocenters. The predicted molar refractivity (Wildman–Crippen MR) is 66.6 cm³/mol. The Morgan fingerprint density at radius 3 is 2.82 bits per heavy atom. The molecule has 6 nitrogen and oxygen atoms in total. The molecule has 2 aromatic heterocycles. The smallest absolute Gasteiger partial charge is 0.214 e. The van der Waals surface area contributed by atoms with Crippen molar-refractivity contribution < 1.29 is 10.2 Å². The lowest BCUT2D eigenvalue weighted by Crippen LogP contribution is -2.28. The molecule has 0 bridgehead atoms. The van der Waals surface area contributed by atoms with Crippen molar-refractivity contribution in [3.63, 3.8) is 0 Å². The molecule has 0 amide bonds. The van der Waals surface area contributed by atoms with E-state index >= 15 is 0 Å². The van der Waals surface area contributed by atoms with E-state index in [4.69, 9.17) is 10.2 Å². The van der Waals surface area contributed by atoms with Crippen LogP contribution in [0.4, 0.5) is 5.13 Å². The lowest BCUT2D eigenvalue weighted by atomic mass is 10.4. The molecular formula is C10H16N4O2S. The Morgan fingerprint density at radius 1 is 1.35 bits per heavy atom. The molecule has 0 aromatic carbocycles. The normalized spacial score (nSPS) is 11.2. The highest BCUT2D eigenvalue weighted by atomic mass is 32.1. The van der Waals surface area contributed by atoms with Crippen LogP contribution in [-0.2, 0) is 0 Å². The molecular weight excluding hydrogens is 240 g/mol. The van der Waals surface area contributed by atoms with Crippen molar-refractivity contribution in [2.24, 2.45) is 0 Å². The van der Waals surface area contributed by atoms with Gasteiger partial charge < -0.3 is 15.1 Å². The van der Waals surface area contributed by atoms with Crippen molar-refractivity contribution in [2.75, 3.05) is 31.2 Å². The van der Waals surface area contributed by atoms with E-state index in [-0.39, 0.29) is 13.2 Å². The molecule has 0 saturated carbocycles. The summed E-state index contributed by atoms with van der Waals surface area (Å²) in [5.74, 6) is 0. The van der Waals surface area contributed by atoms with Gasteiger partial charge in [-0.1, -0.05) is 11.3 Å². The van der Waals surface area contributed by atoms with Crippen molar-refractivity contribution in [3.8, 4) is 0 Å². The maximum Gasteiger partial charge on any atom is 0.214 e. The summed E-state index contributed by atoms with van der Waals surface area (Å²) < 4.78 is 1.75. The zero-order chi connectivity index (χ0) is 12.3. The van der Waals surface area contributed by atoms with Crippen molar-refractivity contribution in [2.45, 2.75) is 13.3 Å². The van der Waals surface area contributed by atoms with Crippen LogP contribution in [0, 0.1) is 6.92 Å². The van der Waals surface area contributed by atoms with E-state index in [1.165, 1.54) is 11.3 Å². The van der Waals surface area contributed by atoms with E-state index in [1.807, 2.05) is 18.0 Å². The van der Waals surface area contributed by atoms with Crippen molar-refractivity contribution in [1.82, 2.24) is 14.6 Å². The molecule has 0 fully saturated rings. The van der Waals surface area contributed by atoms with Crippen LogP contribution in [0.3, 0.4) is 0 Å². The molecule has 2 rings (SSSR count). The summed E-state index contributed by atoms with van der Waals surface area (Å²) in [6.07, 6.45) is 2.54. The van der Waals surface area contributed by atoms with E-state index in [9.17, 15) is 0 Å².